The van der Waals surface area contributed by atoms with Crippen LogP contribution >= 0.6 is 11.8 Å². The number of nitrogens with one attached hydrogen (secondary N) is 1. The van der Waals surface area contributed by atoms with E-state index in [-0.39, 0.29) is 18.3 Å². The second kappa shape index (κ2) is 10.3. The normalized spacial score (nSPS) is 13.9. The number of rotatable bonds is 9. The van der Waals surface area contributed by atoms with Crippen molar-refractivity contribution in [1.82, 2.24) is 15.5 Å². The minimum Gasteiger partial charge on any atom is -0.484 e. The zero-order chi connectivity index (χ0) is 19.8. The van der Waals surface area contributed by atoms with Crippen LogP contribution in [0.2, 0.25) is 0 Å². The molecule has 6 nitrogen and oxygen atoms in total. The SMILES string of the molecule is Cc1ccc(C)c(OCc2nnc(SCC(=O)NCCC3=CCCCC3)o2)c1. The van der Waals surface area contributed by atoms with E-state index in [9.17, 15) is 4.79 Å². The van der Waals surface area contributed by atoms with E-state index in [1.165, 1.54) is 43.0 Å². The van der Waals surface area contributed by atoms with Crippen LogP contribution in [0.15, 0.2) is 39.5 Å². The van der Waals surface area contributed by atoms with Crippen molar-refractivity contribution >= 4 is 17.7 Å². The van der Waals surface area contributed by atoms with E-state index in [0.717, 1.165) is 23.3 Å². The Balaban J connectivity index is 1.37. The van der Waals surface area contributed by atoms with E-state index < -0.39 is 0 Å². The maximum atomic E-state index is 12.0. The number of carbonyl (C=O) groups is 1. The Morgan fingerprint density at radius 1 is 1.29 bits per heavy atom. The van der Waals surface area contributed by atoms with E-state index in [1.807, 2.05) is 32.0 Å². The van der Waals surface area contributed by atoms with E-state index >= 15 is 0 Å². The van der Waals surface area contributed by atoms with Crippen molar-refractivity contribution in [3.05, 3.63) is 46.9 Å². The maximum Gasteiger partial charge on any atom is 0.277 e. The Morgan fingerprint density at radius 2 is 2.18 bits per heavy atom. The van der Waals surface area contributed by atoms with Gasteiger partial charge in [-0.1, -0.05) is 35.5 Å². The van der Waals surface area contributed by atoms with Crippen LogP contribution in [-0.4, -0.2) is 28.4 Å². The number of aromatic nitrogens is 2. The summed E-state index contributed by atoms with van der Waals surface area (Å²) >= 11 is 1.24. The monoisotopic (exact) mass is 401 g/mol. The van der Waals surface area contributed by atoms with Gasteiger partial charge in [0, 0.05) is 6.54 Å². The van der Waals surface area contributed by atoms with Gasteiger partial charge in [-0.3, -0.25) is 4.79 Å². The number of aryl methyl sites for hydroxylation is 2. The molecule has 1 heterocycles. The van der Waals surface area contributed by atoms with Crippen LogP contribution in [-0.2, 0) is 11.4 Å². The molecule has 1 aliphatic carbocycles. The Labute approximate surface area is 170 Å². The Kier molecular flexibility index (Phi) is 7.54. The molecule has 150 valence electrons. The van der Waals surface area contributed by atoms with Gasteiger partial charge in [-0.15, -0.1) is 10.2 Å². The molecule has 0 saturated heterocycles. The van der Waals surface area contributed by atoms with Crippen molar-refractivity contribution in [3.63, 3.8) is 0 Å². The van der Waals surface area contributed by atoms with Crippen LogP contribution in [0.5, 0.6) is 5.75 Å². The molecule has 0 fully saturated rings. The van der Waals surface area contributed by atoms with Crippen molar-refractivity contribution < 1.29 is 13.9 Å². The van der Waals surface area contributed by atoms with Gasteiger partial charge in [-0.25, -0.2) is 0 Å². The first-order chi connectivity index (χ1) is 13.6. The number of amides is 1. The number of benzene rings is 1. The van der Waals surface area contributed by atoms with Gasteiger partial charge in [0.2, 0.25) is 5.91 Å². The first-order valence-electron chi connectivity index (χ1n) is 9.70. The van der Waals surface area contributed by atoms with Crippen LogP contribution in [0.4, 0.5) is 0 Å². The summed E-state index contributed by atoms with van der Waals surface area (Å²) in [5.41, 5.74) is 3.65. The molecule has 0 spiro atoms. The third-order valence-electron chi connectivity index (χ3n) is 4.62. The van der Waals surface area contributed by atoms with Crippen molar-refractivity contribution in [3.8, 4) is 5.75 Å². The third-order valence-corrected chi connectivity index (χ3v) is 5.44. The molecule has 1 aromatic carbocycles. The summed E-state index contributed by atoms with van der Waals surface area (Å²) in [7, 11) is 0. The van der Waals surface area contributed by atoms with Crippen LogP contribution in [0.1, 0.15) is 49.1 Å². The molecule has 1 aliphatic rings. The lowest BCUT2D eigenvalue weighted by atomic mass is 9.97. The third kappa shape index (κ3) is 6.41. The summed E-state index contributed by atoms with van der Waals surface area (Å²) in [4.78, 5) is 12.0. The van der Waals surface area contributed by atoms with E-state index in [4.69, 9.17) is 9.15 Å². The minimum atomic E-state index is -0.0206. The average molecular weight is 402 g/mol. The zero-order valence-corrected chi connectivity index (χ0v) is 17.3. The maximum absolute atomic E-state index is 12.0. The topological polar surface area (TPSA) is 77.2 Å². The fraction of sp³-hybridized carbons (Fsp3) is 0.476. The van der Waals surface area contributed by atoms with E-state index in [2.05, 4.69) is 21.6 Å². The first-order valence-corrected chi connectivity index (χ1v) is 10.7. The Bertz CT molecular complexity index is 832. The van der Waals surface area contributed by atoms with Crippen molar-refractivity contribution in [2.45, 2.75) is 57.8 Å². The summed E-state index contributed by atoms with van der Waals surface area (Å²) in [5, 5.41) is 11.3. The molecule has 3 rings (SSSR count). The summed E-state index contributed by atoms with van der Waals surface area (Å²) in [6.45, 7) is 4.90. The average Bonchev–Trinajstić information content (AvgIpc) is 3.16. The zero-order valence-electron chi connectivity index (χ0n) is 16.5. The molecular formula is C21H27N3O3S. The highest BCUT2D eigenvalue weighted by molar-refractivity contribution is 7.99. The van der Waals surface area contributed by atoms with Crippen molar-refractivity contribution in [2.75, 3.05) is 12.3 Å². The molecule has 0 aliphatic heterocycles. The van der Waals surface area contributed by atoms with Gasteiger partial charge < -0.3 is 14.5 Å². The van der Waals surface area contributed by atoms with Crippen molar-refractivity contribution in [2.24, 2.45) is 0 Å². The van der Waals surface area contributed by atoms with Gasteiger partial charge in [0.15, 0.2) is 6.61 Å². The second-order valence-electron chi connectivity index (χ2n) is 7.02. The van der Waals surface area contributed by atoms with Gasteiger partial charge in [-0.2, -0.15) is 0 Å². The summed E-state index contributed by atoms with van der Waals surface area (Å²) in [6, 6.07) is 6.04. The molecule has 0 saturated carbocycles. The molecule has 1 aromatic heterocycles. The van der Waals surface area contributed by atoms with Crippen LogP contribution in [0, 0.1) is 13.8 Å². The number of thioether (sulfide) groups is 1. The number of hydrogen-bond donors (Lipinski definition) is 1. The fourth-order valence-electron chi connectivity index (χ4n) is 3.03. The molecule has 7 heteroatoms. The summed E-state index contributed by atoms with van der Waals surface area (Å²) in [6.07, 6.45) is 8.14. The van der Waals surface area contributed by atoms with Crippen LogP contribution < -0.4 is 10.1 Å². The Hall–Kier alpha value is -2.28. The van der Waals surface area contributed by atoms with Gasteiger partial charge in [0.05, 0.1) is 5.75 Å². The highest BCUT2D eigenvalue weighted by Gasteiger charge is 2.11. The molecule has 0 unspecified atom stereocenters. The first kappa shape index (κ1) is 20.5. The van der Waals surface area contributed by atoms with Gasteiger partial charge in [0.1, 0.15) is 5.75 Å². The summed E-state index contributed by atoms with van der Waals surface area (Å²) in [5.74, 6) is 1.44. The number of carbonyl (C=O) groups excluding carboxylic acids is 1. The van der Waals surface area contributed by atoms with Crippen molar-refractivity contribution in [1.29, 1.82) is 0 Å². The number of hydrogen-bond acceptors (Lipinski definition) is 6. The molecule has 0 atom stereocenters. The largest absolute Gasteiger partial charge is 0.484 e. The highest BCUT2D eigenvalue weighted by atomic mass is 32.2. The Morgan fingerprint density at radius 3 is 3.00 bits per heavy atom. The number of ether oxygens (including phenoxy) is 1. The lowest BCUT2D eigenvalue weighted by Gasteiger charge is -2.12. The molecule has 0 bridgehead atoms. The molecule has 2 aromatic rings. The molecule has 1 amide bonds. The lowest BCUT2D eigenvalue weighted by molar-refractivity contribution is -0.118. The van der Waals surface area contributed by atoms with Gasteiger partial charge in [-0.05, 0) is 63.1 Å². The van der Waals surface area contributed by atoms with E-state index in [0.29, 0.717) is 17.7 Å². The molecule has 1 N–H and O–H groups in total. The lowest BCUT2D eigenvalue weighted by Crippen LogP contribution is -2.26. The van der Waals surface area contributed by atoms with Gasteiger partial charge in [0.25, 0.3) is 11.1 Å². The highest BCUT2D eigenvalue weighted by Crippen LogP contribution is 2.22. The molecule has 0 radical (unpaired) electrons. The number of nitrogens with zero attached hydrogens (tertiary/aromatic N) is 2. The van der Waals surface area contributed by atoms with Gasteiger partial charge >= 0.3 is 0 Å². The predicted octanol–water partition coefficient (Wildman–Crippen LogP) is 4.36. The second-order valence-corrected chi connectivity index (χ2v) is 7.94. The smallest absolute Gasteiger partial charge is 0.277 e. The standard InChI is InChI=1S/C21H27N3O3S/c1-15-8-9-16(2)18(12-15)26-13-20-23-24-21(27-20)28-14-19(25)22-11-10-17-6-4-3-5-7-17/h6,8-9,12H,3-5,7,10-11,13-14H2,1-2H3,(H,22,25). The minimum absolute atomic E-state index is 0.0206. The fourth-order valence-corrected chi connectivity index (χ4v) is 3.64. The number of allylic oxidation sites excluding steroid dienone is 1. The van der Waals surface area contributed by atoms with Crippen LogP contribution in [0.25, 0.3) is 0 Å². The molecule has 28 heavy (non-hydrogen) atoms. The molecular weight excluding hydrogens is 374 g/mol. The summed E-state index contributed by atoms with van der Waals surface area (Å²) < 4.78 is 11.3. The van der Waals surface area contributed by atoms with E-state index in [1.54, 1.807) is 0 Å². The predicted molar refractivity (Wildman–Crippen MR) is 109 cm³/mol. The van der Waals surface area contributed by atoms with Crippen LogP contribution in [0.3, 0.4) is 0 Å². The quantitative estimate of drug-likeness (QED) is 0.497.